The van der Waals surface area contributed by atoms with Gasteiger partial charge in [-0.15, -0.1) is 0 Å². The zero-order chi connectivity index (χ0) is 19.5. The Labute approximate surface area is 169 Å². The summed E-state index contributed by atoms with van der Waals surface area (Å²) in [5.74, 6) is -0.410. The Hall–Kier alpha value is -2.58. The van der Waals surface area contributed by atoms with Crippen molar-refractivity contribution in [1.82, 2.24) is 5.32 Å². The van der Waals surface area contributed by atoms with Gasteiger partial charge in [-0.05, 0) is 48.6 Å². The highest BCUT2D eigenvalue weighted by Crippen LogP contribution is 2.16. The molecule has 0 aliphatic heterocycles. The van der Waals surface area contributed by atoms with E-state index in [0.717, 1.165) is 30.2 Å². The van der Waals surface area contributed by atoms with E-state index in [1.165, 1.54) is 17.3 Å². The van der Waals surface area contributed by atoms with Crippen molar-refractivity contribution in [3.8, 4) is 6.07 Å². The zero-order valence-electron chi connectivity index (χ0n) is 15.5. The van der Waals surface area contributed by atoms with E-state index in [0.29, 0.717) is 12.2 Å². The van der Waals surface area contributed by atoms with Gasteiger partial charge in [0.05, 0.1) is 0 Å². The van der Waals surface area contributed by atoms with Crippen LogP contribution in [0.3, 0.4) is 0 Å². The largest absolute Gasteiger partial charge is 0.389 e. The molecule has 0 saturated carbocycles. The Balaban J connectivity index is 1.86. The minimum Gasteiger partial charge on any atom is -0.389 e. The lowest BCUT2D eigenvalue weighted by atomic mass is 10.1. The lowest BCUT2D eigenvalue weighted by Crippen LogP contribution is -2.18. The van der Waals surface area contributed by atoms with Crippen molar-refractivity contribution in [2.45, 2.75) is 32.6 Å². The fourth-order valence-corrected chi connectivity index (χ4v) is 3.05. The van der Waals surface area contributed by atoms with E-state index in [-0.39, 0.29) is 5.57 Å². The van der Waals surface area contributed by atoms with Gasteiger partial charge in [0.15, 0.2) is 0 Å². The third kappa shape index (κ3) is 6.92. The van der Waals surface area contributed by atoms with E-state index in [4.69, 9.17) is 0 Å². The van der Waals surface area contributed by atoms with Crippen molar-refractivity contribution in [3.63, 3.8) is 0 Å². The van der Waals surface area contributed by atoms with Crippen LogP contribution in [0, 0.1) is 11.3 Å². The zero-order valence-corrected chi connectivity index (χ0v) is 17.1. The predicted octanol–water partition coefficient (Wildman–Crippen LogP) is 4.97. The van der Waals surface area contributed by atoms with Crippen LogP contribution in [0.4, 0.5) is 5.69 Å². The lowest BCUT2D eigenvalue weighted by molar-refractivity contribution is -0.112. The fourth-order valence-electron chi connectivity index (χ4n) is 2.56. The predicted molar refractivity (Wildman–Crippen MR) is 113 cm³/mol. The van der Waals surface area contributed by atoms with Gasteiger partial charge in [0, 0.05) is 22.9 Å². The first-order valence-corrected chi connectivity index (χ1v) is 9.90. The molecule has 0 heterocycles. The van der Waals surface area contributed by atoms with Crippen molar-refractivity contribution in [1.29, 1.82) is 5.26 Å². The van der Waals surface area contributed by atoms with Crippen molar-refractivity contribution in [2.24, 2.45) is 0 Å². The second-order valence-corrected chi connectivity index (χ2v) is 7.07. The summed E-state index contributed by atoms with van der Waals surface area (Å²) in [4.78, 5) is 12.3. The molecule has 4 nitrogen and oxygen atoms in total. The number of halogens is 1. The minimum absolute atomic E-state index is 0.0530. The lowest BCUT2D eigenvalue weighted by Gasteiger charge is -2.07. The Morgan fingerprint density at radius 1 is 1.15 bits per heavy atom. The van der Waals surface area contributed by atoms with Gasteiger partial charge in [-0.1, -0.05) is 59.6 Å². The first kappa shape index (κ1) is 20.7. The molecular weight excluding hydrogens is 402 g/mol. The van der Waals surface area contributed by atoms with E-state index in [2.05, 4.69) is 33.5 Å². The van der Waals surface area contributed by atoms with Gasteiger partial charge < -0.3 is 10.6 Å². The Bertz CT molecular complexity index is 822. The molecule has 0 aliphatic carbocycles. The first-order valence-electron chi connectivity index (χ1n) is 9.11. The maximum Gasteiger partial charge on any atom is 0.267 e. The Morgan fingerprint density at radius 2 is 1.89 bits per heavy atom. The SMILES string of the molecule is CCCCc1ccc(NC(=O)/C(C#N)=C\NCCc2ccccc2Br)cc1. The van der Waals surface area contributed by atoms with E-state index >= 15 is 0 Å². The summed E-state index contributed by atoms with van der Waals surface area (Å²) in [7, 11) is 0. The number of carbonyl (C=O) groups excluding carboxylic acids is 1. The number of anilines is 1. The van der Waals surface area contributed by atoms with Crippen LogP contribution >= 0.6 is 15.9 Å². The highest BCUT2D eigenvalue weighted by atomic mass is 79.9. The van der Waals surface area contributed by atoms with E-state index < -0.39 is 5.91 Å². The minimum atomic E-state index is -0.410. The highest BCUT2D eigenvalue weighted by Gasteiger charge is 2.09. The van der Waals surface area contributed by atoms with Crippen LogP contribution in [0.5, 0.6) is 0 Å². The van der Waals surface area contributed by atoms with Gasteiger partial charge in [-0.25, -0.2) is 0 Å². The second-order valence-electron chi connectivity index (χ2n) is 6.22. The molecule has 0 aromatic heterocycles. The molecule has 0 saturated heterocycles. The molecule has 0 bridgehead atoms. The van der Waals surface area contributed by atoms with Crippen LogP contribution in [0.25, 0.3) is 0 Å². The second kappa shape index (κ2) is 11.2. The molecule has 0 aliphatic rings. The number of unbranched alkanes of at least 4 members (excludes halogenated alkanes) is 1. The maximum atomic E-state index is 12.3. The summed E-state index contributed by atoms with van der Waals surface area (Å²) in [6.07, 6.45) is 5.61. The normalized spacial score (nSPS) is 10.9. The number of benzene rings is 2. The number of nitrogens with zero attached hydrogens (tertiary/aromatic N) is 1. The number of carbonyl (C=O) groups is 1. The van der Waals surface area contributed by atoms with E-state index in [1.807, 2.05) is 54.6 Å². The van der Waals surface area contributed by atoms with Crippen molar-refractivity contribution >= 4 is 27.5 Å². The molecule has 0 unspecified atom stereocenters. The summed E-state index contributed by atoms with van der Waals surface area (Å²) in [5.41, 5.74) is 3.16. The van der Waals surface area contributed by atoms with Gasteiger partial charge >= 0.3 is 0 Å². The number of nitriles is 1. The van der Waals surface area contributed by atoms with Crippen LogP contribution in [0.1, 0.15) is 30.9 Å². The Morgan fingerprint density at radius 3 is 2.56 bits per heavy atom. The molecule has 0 spiro atoms. The highest BCUT2D eigenvalue weighted by molar-refractivity contribution is 9.10. The quantitative estimate of drug-likeness (QED) is 0.338. The summed E-state index contributed by atoms with van der Waals surface area (Å²) in [6, 6.07) is 17.7. The molecule has 1 amide bonds. The van der Waals surface area contributed by atoms with E-state index in [1.54, 1.807) is 0 Å². The number of hydrogen-bond acceptors (Lipinski definition) is 3. The summed E-state index contributed by atoms with van der Waals surface area (Å²) in [6.45, 7) is 2.80. The standard InChI is InChI=1S/C22H24BrN3O/c1-2-3-6-17-9-11-20(12-10-17)26-22(27)19(15-24)16-25-14-13-18-7-4-5-8-21(18)23/h4-5,7-12,16,25H,2-3,6,13-14H2,1H3,(H,26,27)/b19-16-. The summed E-state index contributed by atoms with van der Waals surface area (Å²) >= 11 is 3.51. The summed E-state index contributed by atoms with van der Waals surface area (Å²) < 4.78 is 1.05. The van der Waals surface area contributed by atoms with Crippen LogP contribution < -0.4 is 10.6 Å². The van der Waals surface area contributed by atoms with E-state index in [9.17, 15) is 10.1 Å². The monoisotopic (exact) mass is 425 g/mol. The van der Waals surface area contributed by atoms with Gasteiger partial charge in [0.25, 0.3) is 5.91 Å². The number of aryl methyl sites for hydroxylation is 1. The molecule has 140 valence electrons. The first-order chi connectivity index (χ1) is 13.1. The Kier molecular flexibility index (Phi) is 8.60. The van der Waals surface area contributed by atoms with Crippen molar-refractivity contribution < 1.29 is 4.79 Å². The number of rotatable bonds is 9. The van der Waals surface area contributed by atoms with Gasteiger partial charge in [-0.3, -0.25) is 4.79 Å². The number of hydrogen-bond donors (Lipinski definition) is 2. The van der Waals surface area contributed by atoms with Gasteiger partial charge in [0.1, 0.15) is 11.6 Å². The molecule has 0 radical (unpaired) electrons. The molecule has 0 atom stereocenters. The molecule has 5 heteroatoms. The molecule has 2 rings (SSSR count). The average molecular weight is 426 g/mol. The number of nitrogens with one attached hydrogen (secondary N) is 2. The van der Waals surface area contributed by atoms with Crippen LogP contribution in [0.2, 0.25) is 0 Å². The molecule has 0 fully saturated rings. The maximum absolute atomic E-state index is 12.3. The third-order valence-corrected chi connectivity index (χ3v) is 4.91. The molecule has 2 aromatic carbocycles. The van der Waals surface area contributed by atoms with Crippen LogP contribution in [0.15, 0.2) is 64.8 Å². The smallest absolute Gasteiger partial charge is 0.267 e. The molecule has 2 aromatic rings. The van der Waals surface area contributed by atoms with Gasteiger partial charge in [-0.2, -0.15) is 5.26 Å². The third-order valence-electron chi connectivity index (χ3n) is 4.14. The summed E-state index contributed by atoms with van der Waals surface area (Å²) in [5, 5.41) is 15.1. The molecule has 27 heavy (non-hydrogen) atoms. The van der Waals surface area contributed by atoms with Crippen LogP contribution in [-0.2, 0) is 17.6 Å². The fraction of sp³-hybridized carbons (Fsp3) is 0.273. The van der Waals surface area contributed by atoms with Crippen molar-refractivity contribution in [2.75, 3.05) is 11.9 Å². The topological polar surface area (TPSA) is 64.9 Å². The molecular formula is C22H24BrN3O. The number of amides is 1. The van der Waals surface area contributed by atoms with Gasteiger partial charge in [0.2, 0.25) is 0 Å². The average Bonchev–Trinajstić information content (AvgIpc) is 2.68. The molecule has 2 N–H and O–H groups in total. The van der Waals surface area contributed by atoms with Crippen molar-refractivity contribution in [3.05, 3.63) is 75.9 Å². The van der Waals surface area contributed by atoms with Crippen LogP contribution in [-0.4, -0.2) is 12.5 Å².